The summed E-state index contributed by atoms with van der Waals surface area (Å²) in [6, 6.07) is 15.7. The highest BCUT2D eigenvalue weighted by atomic mass is 16.6. The van der Waals surface area contributed by atoms with Gasteiger partial charge in [-0.3, -0.25) is 14.4 Å². The quantitative estimate of drug-likeness (QED) is 0.209. The van der Waals surface area contributed by atoms with E-state index in [1.165, 1.54) is 7.05 Å². The van der Waals surface area contributed by atoms with Crippen molar-refractivity contribution in [3.63, 3.8) is 0 Å². The first-order valence-electron chi connectivity index (χ1n) is 16.4. The Morgan fingerprint density at radius 1 is 0.812 bits per heavy atom. The van der Waals surface area contributed by atoms with Crippen molar-refractivity contribution in [1.82, 2.24) is 40.4 Å². The molecule has 0 bridgehead atoms. The molecule has 2 aromatic carbocycles. The summed E-state index contributed by atoms with van der Waals surface area (Å²) in [5.41, 5.74) is 5.85. The third kappa shape index (κ3) is 6.03. The lowest BCUT2D eigenvalue weighted by atomic mass is 10.0. The standard InChI is InChI=1S/C35H38N8O5/c1-20(48-35(47)36-2)33(45)42-15-3-5-28(42)31-37-18-26(40-31)23-11-7-21(8-12-23)22-9-13-24(14-10-22)27-19-38-32(41-27)29-6-4-16-43(29)34(46)25-17-30(44)39-25/h7-14,18-20,25,28-29H,3-6,15-17H2,1-2H3,(H,36,47)(H,37,40)(H,38,41)(H,39,44)/t20-,25-,28-,29-/m0/s1. The number of alkyl carbamates (subject to hydrolysis) is 1. The normalized spacial score (nSPS) is 21.0. The fraction of sp³-hybridized carbons (Fsp3) is 0.371. The number of benzene rings is 2. The lowest BCUT2D eigenvalue weighted by Gasteiger charge is -2.32. The number of ether oxygens (including phenoxy) is 1. The van der Waals surface area contributed by atoms with Crippen molar-refractivity contribution < 1.29 is 23.9 Å². The molecule has 3 aliphatic heterocycles. The molecule has 5 heterocycles. The number of nitrogens with zero attached hydrogens (tertiary/aromatic N) is 4. The first-order valence-corrected chi connectivity index (χ1v) is 16.4. The Morgan fingerprint density at radius 2 is 1.29 bits per heavy atom. The molecule has 4 aromatic rings. The van der Waals surface area contributed by atoms with Crippen molar-refractivity contribution in [2.24, 2.45) is 0 Å². The van der Waals surface area contributed by atoms with Crippen LogP contribution in [0.4, 0.5) is 4.79 Å². The van der Waals surface area contributed by atoms with E-state index in [4.69, 9.17) is 4.74 Å². The van der Waals surface area contributed by atoms with Crippen LogP contribution >= 0.6 is 0 Å². The van der Waals surface area contributed by atoms with Gasteiger partial charge in [0.05, 0.1) is 42.3 Å². The van der Waals surface area contributed by atoms with Crippen LogP contribution in [0, 0.1) is 0 Å². The van der Waals surface area contributed by atoms with E-state index in [2.05, 4.69) is 67.0 Å². The molecule has 13 heteroatoms. The summed E-state index contributed by atoms with van der Waals surface area (Å²) < 4.78 is 5.16. The highest BCUT2D eigenvalue weighted by molar-refractivity contribution is 5.97. The molecular formula is C35H38N8O5. The van der Waals surface area contributed by atoms with Crippen molar-refractivity contribution >= 4 is 23.8 Å². The van der Waals surface area contributed by atoms with Crippen LogP contribution in [0.2, 0.25) is 0 Å². The number of aromatic amines is 2. The van der Waals surface area contributed by atoms with Gasteiger partial charge in [-0.05, 0) is 54.9 Å². The van der Waals surface area contributed by atoms with Crippen LogP contribution in [-0.2, 0) is 19.1 Å². The largest absolute Gasteiger partial charge is 0.436 e. The lowest BCUT2D eigenvalue weighted by Crippen LogP contribution is -2.57. The van der Waals surface area contributed by atoms with Crippen LogP contribution in [0.1, 0.15) is 62.8 Å². The Hall–Kier alpha value is -5.46. The molecule has 4 atom stereocenters. The van der Waals surface area contributed by atoms with Crippen molar-refractivity contribution in [3.8, 4) is 33.6 Å². The number of hydrogen-bond donors (Lipinski definition) is 4. The van der Waals surface area contributed by atoms with Crippen LogP contribution in [0.5, 0.6) is 0 Å². The number of amides is 4. The summed E-state index contributed by atoms with van der Waals surface area (Å²) in [6.45, 7) is 2.83. The molecule has 3 fully saturated rings. The second kappa shape index (κ2) is 13.0. The van der Waals surface area contributed by atoms with Crippen molar-refractivity contribution in [3.05, 3.63) is 72.6 Å². The number of carbonyl (C=O) groups is 4. The molecule has 248 valence electrons. The van der Waals surface area contributed by atoms with Crippen molar-refractivity contribution in [2.75, 3.05) is 20.1 Å². The molecule has 0 unspecified atom stereocenters. The van der Waals surface area contributed by atoms with Gasteiger partial charge in [-0.1, -0.05) is 48.5 Å². The molecule has 4 N–H and O–H groups in total. The highest BCUT2D eigenvalue weighted by Crippen LogP contribution is 2.35. The predicted molar refractivity (Wildman–Crippen MR) is 176 cm³/mol. The van der Waals surface area contributed by atoms with Crippen LogP contribution in [0.25, 0.3) is 33.6 Å². The summed E-state index contributed by atoms with van der Waals surface area (Å²) in [4.78, 5) is 68.4. The number of carbonyl (C=O) groups excluding carboxylic acids is 4. The fourth-order valence-corrected chi connectivity index (χ4v) is 6.83. The average Bonchev–Trinajstić information content (AvgIpc) is 3.92. The molecule has 13 nitrogen and oxygen atoms in total. The van der Waals surface area contributed by atoms with E-state index in [-0.39, 0.29) is 36.2 Å². The maximum atomic E-state index is 13.0. The molecule has 2 aromatic heterocycles. The number of rotatable bonds is 8. The first-order chi connectivity index (χ1) is 23.3. The highest BCUT2D eigenvalue weighted by Gasteiger charge is 2.40. The van der Waals surface area contributed by atoms with Gasteiger partial charge in [0.1, 0.15) is 17.7 Å². The molecule has 3 saturated heterocycles. The number of imidazole rings is 2. The molecule has 3 aliphatic rings. The van der Waals surface area contributed by atoms with E-state index in [1.807, 2.05) is 23.2 Å². The van der Waals surface area contributed by atoms with E-state index in [0.717, 1.165) is 65.1 Å². The summed E-state index contributed by atoms with van der Waals surface area (Å²) in [5.74, 6) is 1.12. The number of H-pyrrole nitrogens is 2. The van der Waals surface area contributed by atoms with Gasteiger partial charge in [0.2, 0.25) is 11.8 Å². The van der Waals surface area contributed by atoms with Gasteiger partial charge in [0.15, 0.2) is 6.10 Å². The van der Waals surface area contributed by atoms with Crippen LogP contribution < -0.4 is 10.6 Å². The summed E-state index contributed by atoms with van der Waals surface area (Å²) in [5, 5.41) is 5.06. The fourth-order valence-electron chi connectivity index (χ4n) is 6.83. The number of nitrogens with one attached hydrogen (secondary N) is 4. The van der Waals surface area contributed by atoms with Gasteiger partial charge in [0.25, 0.3) is 5.91 Å². The molecule has 0 saturated carbocycles. The Morgan fingerprint density at radius 3 is 1.79 bits per heavy atom. The topological polar surface area (TPSA) is 165 Å². The number of hydrogen-bond acceptors (Lipinski definition) is 7. The van der Waals surface area contributed by atoms with E-state index >= 15 is 0 Å². The number of β-lactam (4-membered cyclic amide) rings is 1. The van der Waals surface area contributed by atoms with Gasteiger partial charge >= 0.3 is 6.09 Å². The lowest BCUT2D eigenvalue weighted by molar-refractivity contribution is -0.144. The van der Waals surface area contributed by atoms with Gasteiger partial charge in [-0.2, -0.15) is 0 Å². The Kier molecular flexibility index (Phi) is 8.42. The molecule has 0 aliphatic carbocycles. The smallest absolute Gasteiger partial charge is 0.407 e. The van der Waals surface area contributed by atoms with Crippen LogP contribution in [0.3, 0.4) is 0 Å². The van der Waals surface area contributed by atoms with Crippen LogP contribution in [-0.4, -0.2) is 85.8 Å². The average molecular weight is 651 g/mol. The Balaban J connectivity index is 0.995. The molecule has 4 amide bonds. The maximum Gasteiger partial charge on any atom is 0.407 e. The van der Waals surface area contributed by atoms with Gasteiger partial charge in [-0.15, -0.1) is 0 Å². The molecule has 7 rings (SSSR count). The van der Waals surface area contributed by atoms with E-state index in [9.17, 15) is 19.2 Å². The Bertz CT molecular complexity index is 1820. The molecule has 0 spiro atoms. The zero-order valence-corrected chi connectivity index (χ0v) is 26.9. The SMILES string of the molecule is CNC(=O)O[C@@H](C)C(=O)N1CCC[C@H]1c1ncc(-c2ccc(-c3ccc(-c4cnc([C@@H]5CCCN5C(=O)[C@@H]5CC(=O)N5)[nH]4)cc3)cc2)[nH]1. The Labute approximate surface area is 277 Å². The number of aromatic nitrogens is 4. The number of likely N-dealkylation sites (tertiary alicyclic amines) is 2. The predicted octanol–water partition coefficient (Wildman–Crippen LogP) is 4.09. The third-order valence-corrected chi connectivity index (χ3v) is 9.48. The minimum absolute atomic E-state index is 0.0357. The molecular weight excluding hydrogens is 612 g/mol. The molecule has 48 heavy (non-hydrogen) atoms. The summed E-state index contributed by atoms with van der Waals surface area (Å²) >= 11 is 0. The monoisotopic (exact) mass is 650 g/mol. The van der Waals surface area contributed by atoms with Crippen LogP contribution in [0.15, 0.2) is 60.9 Å². The second-order valence-corrected chi connectivity index (χ2v) is 12.5. The molecule has 0 radical (unpaired) electrons. The zero-order chi connectivity index (χ0) is 33.4. The van der Waals surface area contributed by atoms with Gasteiger partial charge in [-0.25, -0.2) is 14.8 Å². The summed E-state index contributed by atoms with van der Waals surface area (Å²) in [7, 11) is 1.46. The summed E-state index contributed by atoms with van der Waals surface area (Å²) in [6.07, 6.45) is 5.69. The minimum Gasteiger partial charge on any atom is -0.436 e. The van der Waals surface area contributed by atoms with Gasteiger partial charge < -0.3 is 35.1 Å². The van der Waals surface area contributed by atoms with E-state index in [0.29, 0.717) is 18.9 Å². The van der Waals surface area contributed by atoms with E-state index in [1.54, 1.807) is 18.0 Å². The maximum absolute atomic E-state index is 13.0. The second-order valence-electron chi connectivity index (χ2n) is 12.5. The zero-order valence-electron chi connectivity index (χ0n) is 26.9. The minimum atomic E-state index is -0.887. The van der Waals surface area contributed by atoms with E-state index < -0.39 is 18.2 Å². The van der Waals surface area contributed by atoms with Crippen molar-refractivity contribution in [1.29, 1.82) is 0 Å². The third-order valence-electron chi connectivity index (χ3n) is 9.48. The van der Waals surface area contributed by atoms with Crippen molar-refractivity contribution in [2.45, 2.75) is 63.3 Å². The van der Waals surface area contributed by atoms with Gasteiger partial charge in [0, 0.05) is 20.1 Å². The first kappa shape index (κ1) is 31.2.